The Balaban J connectivity index is 0.00000341. The predicted octanol–water partition coefficient (Wildman–Crippen LogP) is 2.12. The van der Waals surface area contributed by atoms with Crippen LogP contribution in [0, 0.1) is 11.6 Å². The molecule has 2 saturated heterocycles. The Hall–Kier alpha value is -2.44. The fraction of sp³-hybridized carbons (Fsp3) is 0.500. The summed E-state index contributed by atoms with van der Waals surface area (Å²) in [6.45, 7) is 1.44. The van der Waals surface area contributed by atoms with Gasteiger partial charge in [0.15, 0.2) is 11.6 Å². The Morgan fingerprint density at radius 1 is 1.26 bits per heavy atom. The number of likely N-dealkylation sites (N-methyl/N-ethyl adjacent to an activating group) is 1. The highest BCUT2D eigenvalue weighted by atomic mass is 35.5. The minimum absolute atomic E-state index is 0. The van der Waals surface area contributed by atoms with E-state index in [2.05, 4.69) is 5.32 Å². The Bertz CT molecular complexity index is 824. The van der Waals surface area contributed by atoms with Crippen molar-refractivity contribution in [3.63, 3.8) is 0 Å². The van der Waals surface area contributed by atoms with Crippen LogP contribution < -0.4 is 15.1 Å². The molecule has 1 N–H and O–H groups in total. The van der Waals surface area contributed by atoms with Crippen molar-refractivity contribution in [3.8, 4) is 0 Å². The van der Waals surface area contributed by atoms with Crippen LogP contribution in [0.1, 0.15) is 0 Å². The fourth-order valence-electron chi connectivity index (χ4n) is 2.97. The van der Waals surface area contributed by atoms with Gasteiger partial charge >= 0.3 is 12.2 Å². The molecular weight excluding hydrogens is 458 g/mol. The van der Waals surface area contributed by atoms with Crippen LogP contribution in [0.15, 0.2) is 12.1 Å². The summed E-state index contributed by atoms with van der Waals surface area (Å²) in [5.74, 6) is -1.96. The lowest BCUT2D eigenvalue weighted by molar-refractivity contribution is 0.141. The van der Waals surface area contributed by atoms with E-state index in [-0.39, 0.29) is 49.5 Å². The van der Waals surface area contributed by atoms with Crippen LogP contribution in [0.2, 0.25) is 0 Å². The van der Waals surface area contributed by atoms with Crippen LogP contribution in [-0.2, 0) is 14.2 Å². The zero-order chi connectivity index (χ0) is 21.8. The average Bonchev–Trinajstić information content (AvgIpc) is 3.25. The molecule has 2 aliphatic heterocycles. The zero-order valence-electron chi connectivity index (χ0n) is 16.9. The number of thiocarbonyl (C=S) groups is 1. The number of cyclic esters (lactones) is 2. The number of carbonyl (C=O) groups is 2. The monoisotopic (exact) mass is 480 g/mol. The number of carbonyl (C=O) groups excluding carboxylic acids is 2. The molecule has 172 valence electrons. The van der Waals surface area contributed by atoms with Gasteiger partial charge < -0.3 is 24.4 Å². The molecule has 13 heteroatoms. The van der Waals surface area contributed by atoms with Crippen molar-refractivity contribution in [3.05, 3.63) is 23.8 Å². The summed E-state index contributed by atoms with van der Waals surface area (Å²) < 4.78 is 44.3. The molecule has 2 heterocycles. The van der Waals surface area contributed by atoms with E-state index in [0.717, 1.165) is 21.9 Å². The second-order valence-corrected chi connectivity index (χ2v) is 7.33. The largest absolute Gasteiger partial charge is 0.470 e. The first-order valence-corrected chi connectivity index (χ1v) is 9.64. The minimum Gasteiger partial charge on any atom is -0.470 e. The SMILES string of the molecule is CN(C)CCOC(=S)NC[C@H]1CN(c2cc(F)c(N3CCOC3=O)c(F)c2)C(=O)O1.Cl. The smallest absolute Gasteiger partial charge is 0.414 e. The summed E-state index contributed by atoms with van der Waals surface area (Å²) in [7, 11) is 3.81. The van der Waals surface area contributed by atoms with E-state index in [1.165, 1.54) is 0 Å². The highest BCUT2D eigenvalue weighted by molar-refractivity contribution is 7.80. The van der Waals surface area contributed by atoms with Gasteiger partial charge in [-0.25, -0.2) is 18.4 Å². The number of ether oxygens (including phenoxy) is 3. The molecular formula is C18H23ClF2N4O5S. The number of rotatable bonds is 7. The van der Waals surface area contributed by atoms with E-state index in [1.54, 1.807) is 0 Å². The molecule has 0 bridgehead atoms. The van der Waals surface area contributed by atoms with Gasteiger partial charge in [-0.1, -0.05) is 0 Å². The summed E-state index contributed by atoms with van der Waals surface area (Å²) >= 11 is 5.06. The van der Waals surface area contributed by atoms with Crippen molar-refractivity contribution in [1.82, 2.24) is 10.2 Å². The van der Waals surface area contributed by atoms with Gasteiger partial charge in [0.2, 0.25) is 0 Å². The van der Waals surface area contributed by atoms with Crippen molar-refractivity contribution >= 4 is 53.4 Å². The van der Waals surface area contributed by atoms with Crippen LogP contribution in [-0.4, -0.2) is 81.9 Å². The van der Waals surface area contributed by atoms with Crippen LogP contribution in [0.3, 0.4) is 0 Å². The maximum absolute atomic E-state index is 14.5. The molecule has 9 nitrogen and oxygen atoms in total. The van der Waals surface area contributed by atoms with Crippen LogP contribution in [0.5, 0.6) is 0 Å². The van der Waals surface area contributed by atoms with Gasteiger partial charge in [-0.2, -0.15) is 0 Å². The molecule has 2 fully saturated rings. The maximum Gasteiger partial charge on any atom is 0.414 e. The number of benzene rings is 1. The van der Waals surface area contributed by atoms with E-state index >= 15 is 0 Å². The Kier molecular flexibility index (Phi) is 8.60. The molecule has 3 rings (SSSR count). The molecule has 1 aromatic carbocycles. The molecule has 2 aliphatic rings. The number of anilines is 2. The molecule has 2 amide bonds. The van der Waals surface area contributed by atoms with Crippen molar-refractivity contribution in [1.29, 1.82) is 0 Å². The molecule has 0 saturated carbocycles. The van der Waals surface area contributed by atoms with Crippen molar-refractivity contribution in [2.24, 2.45) is 0 Å². The third kappa shape index (κ3) is 6.05. The molecule has 31 heavy (non-hydrogen) atoms. The first-order valence-electron chi connectivity index (χ1n) is 9.23. The normalized spacial score (nSPS) is 18.0. The average molecular weight is 481 g/mol. The molecule has 1 atom stereocenters. The first kappa shape index (κ1) is 24.8. The van der Waals surface area contributed by atoms with Gasteiger partial charge in [-0.15, -0.1) is 12.4 Å². The molecule has 0 unspecified atom stereocenters. The van der Waals surface area contributed by atoms with E-state index in [1.807, 2.05) is 19.0 Å². The Morgan fingerprint density at radius 3 is 2.52 bits per heavy atom. The third-order valence-corrected chi connectivity index (χ3v) is 4.73. The highest BCUT2D eigenvalue weighted by Crippen LogP contribution is 2.32. The number of hydrogen-bond donors (Lipinski definition) is 1. The van der Waals surface area contributed by atoms with Crippen molar-refractivity contribution < 1.29 is 32.6 Å². The number of nitrogens with one attached hydrogen (secondary N) is 1. The second-order valence-electron chi connectivity index (χ2n) is 6.96. The standard InChI is InChI=1S/C18H22F2N4O5S.ClH/c1-22(2)3-5-27-16(30)21-9-12-10-24(18(26)29-12)11-7-13(19)15(14(20)8-11)23-4-6-28-17(23)25;/h7-8,12H,3-6,9-10H2,1-2H3,(H,21,30);1H/t12-;/m0./s1. The quantitative estimate of drug-likeness (QED) is 0.594. The van der Waals surface area contributed by atoms with Gasteiger partial charge in [0.25, 0.3) is 5.17 Å². The molecule has 0 spiro atoms. The lowest BCUT2D eigenvalue weighted by atomic mass is 10.2. The summed E-state index contributed by atoms with van der Waals surface area (Å²) in [6.07, 6.45) is -2.16. The molecule has 0 aromatic heterocycles. The number of amides is 2. The summed E-state index contributed by atoms with van der Waals surface area (Å²) in [5, 5.41) is 3.02. The predicted molar refractivity (Wildman–Crippen MR) is 115 cm³/mol. The highest BCUT2D eigenvalue weighted by Gasteiger charge is 2.35. The topological polar surface area (TPSA) is 83.6 Å². The van der Waals surface area contributed by atoms with Gasteiger partial charge in [0.05, 0.1) is 25.3 Å². The first-order chi connectivity index (χ1) is 14.3. The molecule has 0 radical (unpaired) electrons. The van der Waals surface area contributed by atoms with Crippen LogP contribution in [0.4, 0.5) is 29.7 Å². The van der Waals surface area contributed by atoms with Crippen molar-refractivity contribution in [2.45, 2.75) is 6.10 Å². The maximum atomic E-state index is 14.5. The number of hydrogen-bond acceptors (Lipinski definition) is 7. The van der Waals surface area contributed by atoms with Gasteiger partial charge in [0.1, 0.15) is 25.0 Å². The van der Waals surface area contributed by atoms with E-state index in [0.29, 0.717) is 13.2 Å². The minimum atomic E-state index is -0.978. The molecule has 1 aromatic rings. The van der Waals surface area contributed by atoms with Gasteiger partial charge in [-0.3, -0.25) is 9.80 Å². The fourth-order valence-corrected chi connectivity index (χ4v) is 3.14. The molecule has 0 aliphatic carbocycles. The summed E-state index contributed by atoms with van der Waals surface area (Å²) in [6, 6.07) is 1.96. The summed E-state index contributed by atoms with van der Waals surface area (Å²) in [5.41, 5.74) is -0.522. The lowest BCUT2D eigenvalue weighted by Gasteiger charge is -2.18. The number of halogens is 3. The number of nitrogens with zero attached hydrogens (tertiary/aromatic N) is 3. The van der Waals surface area contributed by atoms with E-state index < -0.39 is 35.6 Å². The summed E-state index contributed by atoms with van der Waals surface area (Å²) in [4.78, 5) is 27.7. The zero-order valence-corrected chi connectivity index (χ0v) is 18.6. The van der Waals surface area contributed by atoms with Crippen LogP contribution in [0.25, 0.3) is 0 Å². The van der Waals surface area contributed by atoms with E-state index in [4.69, 9.17) is 26.4 Å². The second kappa shape index (κ2) is 10.7. The Labute approximate surface area is 189 Å². The van der Waals surface area contributed by atoms with E-state index in [9.17, 15) is 18.4 Å². The van der Waals surface area contributed by atoms with Gasteiger partial charge in [-0.05, 0) is 26.3 Å². The van der Waals surface area contributed by atoms with Gasteiger partial charge in [0, 0.05) is 18.7 Å². The van der Waals surface area contributed by atoms with Crippen molar-refractivity contribution in [2.75, 3.05) is 63.3 Å². The van der Waals surface area contributed by atoms with Crippen LogP contribution >= 0.6 is 24.6 Å². The lowest BCUT2D eigenvalue weighted by Crippen LogP contribution is -2.35. The third-order valence-electron chi connectivity index (χ3n) is 4.46. The Morgan fingerprint density at radius 2 is 1.94 bits per heavy atom.